The van der Waals surface area contributed by atoms with Crippen molar-refractivity contribution < 1.29 is 19.5 Å². The molecule has 8 heteroatoms. The van der Waals surface area contributed by atoms with Gasteiger partial charge in [-0.1, -0.05) is 18.2 Å². The Morgan fingerprint density at radius 2 is 2.07 bits per heavy atom. The van der Waals surface area contributed by atoms with E-state index in [1.165, 1.54) is 0 Å². The number of piperidine rings is 1. The van der Waals surface area contributed by atoms with Gasteiger partial charge in [-0.25, -0.2) is 9.59 Å². The maximum absolute atomic E-state index is 12.3. The summed E-state index contributed by atoms with van der Waals surface area (Å²) in [4.78, 5) is 40.9. The van der Waals surface area contributed by atoms with Crippen LogP contribution in [-0.4, -0.2) is 58.1 Å². The smallest absolute Gasteiger partial charge is 0.326 e. The number of hydrogen-bond donors (Lipinski definition) is 4. The molecule has 150 valence electrons. The van der Waals surface area contributed by atoms with Crippen LogP contribution in [0.25, 0.3) is 10.9 Å². The van der Waals surface area contributed by atoms with Gasteiger partial charge in [-0.2, -0.15) is 0 Å². The molecule has 2 aromatic rings. The van der Waals surface area contributed by atoms with Crippen LogP contribution in [0.15, 0.2) is 30.5 Å². The van der Waals surface area contributed by atoms with E-state index in [0.717, 1.165) is 35.7 Å². The predicted octanol–water partition coefficient (Wildman–Crippen LogP) is 1.86. The molecule has 4 N–H and O–H groups in total. The van der Waals surface area contributed by atoms with Crippen LogP contribution in [0.2, 0.25) is 0 Å². The Hall–Kier alpha value is -3.03. The number of carboxylic acids is 1. The van der Waals surface area contributed by atoms with Gasteiger partial charge in [-0.3, -0.25) is 4.79 Å². The number of carbonyl (C=O) groups excluding carboxylic acids is 2. The molecule has 1 saturated heterocycles. The van der Waals surface area contributed by atoms with E-state index in [0.29, 0.717) is 6.54 Å². The number of aromatic amines is 1. The fourth-order valence-electron chi connectivity index (χ4n) is 3.66. The number of fused-ring (bicyclic) bond motifs is 1. The molecule has 2 atom stereocenters. The summed E-state index contributed by atoms with van der Waals surface area (Å²) in [7, 11) is 0. The zero-order valence-corrected chi connectivity index (χ0v) is 15.9. The minimum atomic E-state index is -1.13. The topological polar surface area (TPSA) is 115 Å². The third kappa shape index (κ3) is 4.62. The third-order valence-corrected chi connectivity index (χ3v) is 5.23. The Kier molecular flexibility index (Phi) is 6.18. The van der Waals surface area contributed by atoms with Crippen molar-refractivity contribution >= 4 is 28.8 Å². The Morgan fingerprint density at radius 1 is 1.29 bits per heavy atom. The lowest BCUT2D eigenvalue weighted by atomic mass is 10.0. The largest absolute Gasteiger partial charge is 0.480 e. The molecule has 0 spiro atoms. The summed E-state index contributed by atoms with van der Waals surface area (Å²) in [6.45, 7) is 2.55. The lowest BCUT2D eigenvalue weighted by Crippen LogP contribution is -2.51. The number of carboxylic acid groups (broad SMARTS) is 1. The van der Waals surface area contributed by atoms with Crippen LogP contribution in [0.3, 0.4) is 0 Å². The molecule has 2 heterocycles. The zero-order chi connectivity index (χ0) is 20.1. The van der Waals surface area contributed by atoms with Crippen LogP contribution in [0.5, 0.6) is 0 Å². The SMILES string of the molecule is C[C@H]1CCCCN1C(=O)CNC(=O)N[C@@H](Cc1c[nH]c2ccccc12)C(=O)O. The number of nitrogens with zero attached hydrogens (tertiary/aromatic N) is 1. The highest BCUT2D eigenvalue weighted by Crippen LogP contribution is 2.19. The first-order chi connectivity index (χ1) is 13.5. The van der Waals surface area contributed by atoms with E-state index in [1.54, 1.807) is 11.1 Å². The molecule has 0 saturated carbocycles. The summed E-state index contributed by atoms with van der Waals surface area (Å²) in [6.07, 6.45) is 4.93. The van der Waals surface area contributed by atoms with E-state index in [1.807, 2.05) is 31.2 Å². The number of rotatable bonds is 6. The van der Waals surface area contributed by atoms with Gasteiger partial charge >= 0.3 is 12.0 Å². The molecule has 1 aromatic carbocycles. The highest BCUT2D eigenvalue weighted by Gasteiger charge is 2.25. The van der Waals surface area contributed by atoms with Gasteiger partial charge in [0.25, 0.3) is 0 Å². The molecule has 0 bridgehead atoms. The van der Waals surface area contributed by atoms with E-state index >= 15 is 0 Å². The van der Waals surface area contributed by atoms with Gasteiger partial charge in [0.2, 0.25) is 5.91 Å². The second-order valence-electron chi connectivity index (χ2n) is 7.21. The van der Waals surface area contributed by atoms with Crippen molar-refractivity contribution in [3.05, 3.63) is 36.0 Å². The van der Waals surface area contributed by atoms with Crippen LogP contribution in [-0.2, 0) is 16.0 Å². The molecule has 1 aromatic heterocycles. The summed E-state index contributed by atoms with van der Waals surface area (Å²) in [5, 5.41) is 15.3. The van der Waals surface area contributed by atoms with Gasteiger partial charge < -0.3 is 25.6 Å². The monoisotopic (exact) mass is 386 g/mol. The number of likely N-dealkylation sites (tertiary alicyclic amines) is 1. The van der Waals surface area contributed by atoms with E-state index in [4.69, 9.17) is 0 Å². The fraction of sp³-hybridized carbons (Fsp3) is 0.450. The van der Waals surface area contributed by atoms with E-state index in [-0.39, 0.29) is 24.9 Å². The summed E-state index contributed by atoms with van der Waals surface area (Å²) in [6, 6.07) is 5.99. The highest BCUT2D eigenvalue weighted by atomic mass is 16.4. The van der Waals surface area contributed by atoms with Crippen LogP contribution < -0.4 is 10.6 Å². The molecule has 28 heavy (non-hydrogen) atoms. The first-order valence-electron chi connectivity index (χ1n) is 9.57. The van der Waals surface area contributed by atoms with Crippen molar-refractivity contribution in [3.63, 3.8) is 0 Å². The second-order valence-corrected chi connectivity index (χ2v) is 7.21. The number of hydrogen-bond acceptors (Lipinski definition) is 3. The highest BCUT2D eigenvalue weighted by molar-refractivity contribution is 5.88. The minimum Gasteiger partial charge on any atom is -0.480 e. The molecule has 0 radical (unpaired) electrons. The average molecular weight is 386 g/mol. The molecule has 1 fully saturated rings. The minimum absolute atomic E-state index is 0.143. The number of amides is 3. The van der Waals surface area contributed by atoms with Crippen LogP contribution in [0.1, 0.15) is 31.7 Å². The second kappa shape index (κ2) is 8.77. The Bertz CT molecular complexity index is 863. The molecule has 8 nitrogen and oxygen atoms in total. The number of nitrogens with one attached hydrogen (secondary N) is 3. The normalized spacial score (nSPS) is 17.9. The molecule has 0 unspecified atom stereocenters. The standard InChI is InChI=1S/C20H26N4O4/c1-13-6-4-5-9-24(13)18(25)12-22-20(28)23-17(19(26)27)10-14-11-21-16-8-3-2-7-15(14)16/h2-3,7-8,11,13,17,21H,4-6,9-10,12H2,1H3,(H,26,27)(H2,22,23,28)/t13-,17-/m0/s1. The molecule has 1 aliphatic rings. The van der Waals surface area contributed by atoms with Crippen molar-refractivity contribution in [2.75, 3.05) is 13.1 Å². The number of H-pyrrole nitrogens is 1. The van der Waals surface area contributed by atoms with Crippen molar-refractivity contribution in [2.45, 2.75) is 44.7 Å². The van der Waals surface area contributed by atoms with E-state index in [2.05, 4.69) is 15.6 Å². The summed E-state index contributed by atoms with van der Waals surface area (Å²) in [5.41, 5.74) is 1.72. The molecule has 3 rings (SSSR count). The lowest BCUT2D eigenvalue weighted by molar-refractivity contribution is -0.139. The lowest BCUT2D eigenvalue weighted by Gasteiger charge is -2.33. The average Bonchev–Trinajstić information content (AvgIpc) is 3.09. The molecule has 0 aliphatic carbocycles. The summed E-state index contributed by atoms with van der Waals surface area (Å²) >= 11 is 0. The van der Waals surface area contributed by atoms with Gasteiger partial charge in [-0.15, -0.1) is 0 Å². The number of aliphatic carboxylic acids is 1. The van der Waals surface area contributed by atoms with Crippen molar-refractivity contribution in [2.24, 2.45) is 0 Å². The maximum Gasteiger partial charge on any atom is 0.326 e. The fourth-order valence-corrected chi connectivity index (χ4v) is 3.66. The van der Waals surface area contributed by atoms with E-state index < -0.39 is 18.0 Å². The van der Waals surface area contributed by atoms with Crippen molar-refractivity contribution in [1.29, 1.82) is 0 Å². The van der Waals surface area contributed by atoms with E-state index in [9.17, 15) is 19.5 Å². The number of benzene rings is 1. The third-order valence-electron chi connectivity index (χ3n) is 5.23. The number of urea groups is 1. The van der Waals surface area contributed by atoms with Gasteiger partial charge in [-0.05, 0) is 37.8 Å². The Balaban J connectivity index is 1.56. The zero-order valence-electron chi connectivity index (χ0n) is 15.9. The number of aromatic nitrogens is 1. The number of para-hydroxylation sites is 1. The van der Waals surface area contributed by atoms with Crippen molar-refractivity contribution in [1.82, 2.24) is 20.5 Å². The number of carbonyl (C=O) groups is 3. The van der Waals surface area contributed by atoms with Gasteiger partial charge in [0.1, 0.15) is 6.04 Å². The van der Waals surface area contributed by atoms with Gasteiger partial charge in [0, 0.05) is 36.1 Å². The molecular weight excluding hydrogens is 360 g/mol. The first kappa shape index (κ1) is 19.7. The quantitative estimate of drug-likeness (QED) is 0.607. The van der Waals surface area contributed by atoms with Crippen LogP contribution >= 0.6 is 0 Å². The van der Waals surface area contributed by atoms with Gasteiger partial charge in [0.15, 0.2) is 0 Å². The summed E-state index contributed by atoms with van der Waals surface area (Å²) in [5.74, 6) is -1.28. The van der Waals surface area contributed by atoms with Crippen molar-refractivity contribution in [3.8, 4) is 0 Å². The summed E-state index contributed by atoms with van der Waals surface area (Å²) < 4.78 is 0. The molecular formula is C20H26N4O4. The Morgan fingerprint density at radius 3 is 2.82 bits per heavy atom. The first-order valence-corrected chi connectivity index (χ1v) is 9.57. The maximum atomic E-state index is 12.3. The van der Waals surface area contributed by atoms with Gasteiger partial charge in [0.05, 0.1) is 6.54 Å². The van der Waals surface area contributed by atoms with Crippen LogP contribution in [0, 0.1) is 0 Å². The van der Waals surface area contributed by atoms with Crippen LogP contribution in [0.4, 0.5) is 4.79 Å². The Labute approximate surface area is 163 Å². The molecule has 3 amide bonds. The molecule has 1 aliphatic heterocycles. The predicted molar refractivity (Wildman–Crippen MR) is 105 cm³/mol.